The van der Waals surface area contributed by atoms with Crippen molar-refractivity contribution in [3.05, 3.63) is 17.2 Å². The molecule has 88 valence electrons. The van der Waals surface area contributed by atoms with E-state index in [-0.39, 0.29) is 11.3 Å². The Morgan fingerprint density at radius 3 is 2.56 bits per heavy atom. The van der Waals surface area contributed by atoms with Gasteiger partial charge in [0.2, 0.25) is 0 Å². The fourth-order valence-electron chi connectivity index (χ4n) is 1.65. The van der Waals surface area contributed by atoms with Gasteiger partial charge in [-0.15, -0.1) is 0 Å². The number of ether oxygens (including phenoxy) is 2. The Balaban J connectivity index is 3.43. The average Bonchev–Trinajstić information content (AvgIpc) is 2.28. The summed E-state index contributed by atoms with van der Waals surface area (Å²) in [6.45, 7) is 4.29. The second-order valence-corrected chi connectivity index (χ2v) is 3.22. The van der Waals surface area contributed by atoms with Crippen LogP contribution in [0.3, 0.4) is 0 Å². The molecule has 0 fully saturated rings. The lowest BCUT2D eigenvalue weighted by atomic mass is 10.0. The summed E-state index contributed by atoms with van der Waals surface area (Å²) in [5.41, 5.74) is 0.965. The molecule has 4 heteroatoms. The summed E-state index contributed by atoms with van der Waals surface area (Å²) in [7, 11) is 1.47. The third-order valence-electron chi connectivity index (χ3n) is 2.34. The van der Waals surface area contributed by atoms with Crippen LogP contribution in [0.5, 0.6) is 17.2 Å². The van der Waals surface area contributed by atoms with Crippen LogP contribution in [-0.2, 0) is 6.42 Å². The molecule has 0 aromatic heterocycles. The fourth-order valence-corrected chi connectivity index (χ4v) is 1.65. The molecule has 0 aliphatic rings. The zero-order valence-electron chi connectivity index (χ0n) is 9.74. The summed E-state index contributed by atoms with van der Waals surface area (Å²) in [6.07, 6.45) is 1.25. The quantitative estimate of drug-likeness (QED) is 0.779. The van der Waals surface area contributed by atoms with Gasteiger partial charge in [-0.1, -0.05) is 6.92 Å². The van der Waals surface area contributed by atoms with Gasteiger partial charge in [0, 0.05) is 11.6 Å². The van der Waals surface area contributed by atoms with Crippen LogP contribution >= 0.6 is 0 Å². The van der Waals surface area contributed by atoms with Crippen molar-refractivity contribution in [3.63, 3.8) is 0 Å². The Kier molecular flexibility index (Phi) is 4.17. The van der Waals surface area contributed by atoms with Crippen molar-refractivity contribution in [2.45, 2.75) is 20.3 Å². The summed E-state index contributed by atoms with van der Waals surface area (Å²) < 4.78 is 10.5. The molecule has 0 amide bonds. The number of benzene rings is 1. The van der Waals surface area contributed by atoms with Crippen molar-refractivity contribution >= 4 is 6.29 Å². The first-order valence-corrected chi connectivity index (χ1v) is 5.20. The fraction of sp³-hybridized carbons (Fsp3) is 0.417. The van der Waals surface area contributed by atoms with Gasteiger partial charge < -0.3 is 14.6 Å². The number of phenolic OH excluding ortho intramolecular Hbond substituents is 1. The zero-order valence-corrected chi connectivity index (χ0v) is 9.74. The third-order valence-corrected chi connectivity index (χ3v) is 2.34. The molecule has 1 aromatic rings. The van der Waals surface area contributed by atoms with E-state index in [0.717, 1.165) is 5.56 Å². The van der Waals surface area contributed by atoms with E-state index in [1.807, 2.05) is 13.8 Å². The molecule has 0 aliphatic carbocycles. The van der Waals surface area contributed by atoms with Crippen molar-refractivity contribution in [1.82, 2.24) is 0 Å². The van der Waals surface area contributed by atoms with Crippen LogP contribution in [0.15, 0.2) is 6.07 Å². The Morgan fingerprint density at radius 2 is 2.12 bits per heavy atom. The van der Waals surface area contributed by atoms with Crippen LogP contribution in [0.4, 0.5) is 0 Å². The molecule has 0 bridgehead atoms. The number of hydrogen-bond donors (Lipinski definition) is 1. The molecule has 0 unspecified atom stereocenters. The lowest BCUT2D eigenvalue weighted by Gasteiger charge is -2.15. The van der Waals surface area contributed by atoms with Crippen LogP contribution in [-0.4, -0.2) is 25.1 Å². The monoisotopic (exact) mass is 224 g/mol. The minimum atomic E-state index is -0.118. The van der Waals surface area contributed by atoms with E-state index in [2.05, 4.69) is 0 Å². The van der Waals surface area contributed by atoms with Gasteiger partial charge in [-0.3, -0.25) is 4.79 Å². The number of methoxy groups -OCH3 is 1. The molecule has 0 radical (unpaired) electrons. The van der Waals surface area contributed by atoms with Gasteiger partial charge in [0.25, 0.3) is 0 Å². The highest BCUT2D eigenvalue weighted by Crippen LogP contribution is 2.37. The largest absolute Gasteiger partial charge is 0.507 e. The maximum absolute atomic E-state index is 10.9. The molecule has 0 spiro atoms. The Morgan fingerprint density at radius 1 is 1.44 bits per heavy atom. The second-order valence-electron chi connectivity index (χ2n) is 3.22. The number of phenols is 1. The average molecular weight is 224 g/mol. The summed E-state index contributed by atoms with van der Waals surface area (Å²) in [4.78, 5) is 10.9. The molecule has 16 heavy (non-hydrogen) atoms. The molecule has 1 rings (SSSR count). The van der Waals surface area contributed by atoms with Gasteiger partial charge in [0.1, 0.15) is 17.2 Å². The minimum Gasteiger partial charge on any atom is -0.507 e. The SMILES string of the molecule is CCOc1cc(O)c(C=O)c(OC)c1CC. The van der Waals surface area contributed by atoms with Crippen LogP contribution < -0.4 is 9.47 Å². The molecule has 0 aliphatic heterocycles. The maximum atomic E-state index is 10.9. The van der Waals surface area contributed by atoms with E-state index in [9.17, 15) is 9.90 Å². The number of hydrogen-bond acceptors (Lipinski definition) is 4. The summed E-state index contributed by atoms with van der Waals surface area (Å²) >= 11 is 0. The van der Waals surface area contributed by atoms with E-state index in [4.69, 9.17) is 9.47 Å². The first-order chi connectivity index (χ1) is 7.69. The third kappa shape index (κ3) is 2.10. The highest BCUT2D eigenvalue weighted by atomic mass is 16.5. The van der Waals surface area contributed by atoms with Crippen molar-refractivity contribution < 1.29 is 19.4 Å². The maximum Gasteiger partial charge on any atom is 0.157 e. The summed E-state index contributed by atoms with van der Waals surface area (Å²) in [5.74, 6) is 0.832. The molecule has 0 heterocycles. The van der Waals surface area contributed by atoms with E-state index < -0.39 is 0 Å². The number of aromatic hydroxyl groups is 1. The summed E-state index contributed by atoms with van der Waals surface area (Å²) in [5, 5.41) is 9.66. The number of rotatable bonds is 5. The van der Waals surface area contributed by atoms with Gasteiger partial charge in [0.05, 0.1) is 19.3 Å². The van der Waals surface area contributed by atoms with Crippen LogP contribution in [0, 0.1) is 0 Å². The van der Waals surface area contributed by atoms with Gasteiger partial charge in [-0.25, -0.2) is 0 Å². The molecule has 1 N–H and O–H groups in total. The highest BCUT2D eigenvalue weighted by Gasteiger charge is 2.17. The lowest BCUT2D eigenvalue weighted by molar-refractivity contribution is 0.111. The molecule has 0 saturated carbocycles. The topological polar surface area (TPSA) is 55.8 Å². The standard InChI is InChI=1S/C12H16O4/c1-4-8-11(16-5-2)6-10(14)9(7-13)12(8)15-3/h6-7,14H,4-5H2,1-3H3. The molecular weight excluding hydrogens is 208 g/mol. The molecule has 0 saturated heterocycles. The van der Waals surface area contributed by atoms with E-state index in [0.29, 0.717) is 30.8 Å². The van der Waals surface area contributed by atoms with Crippen molar-refractivity contribution in [2.75, 3.05) is 13.7 Å². The van der Waals surface area contributed by atoms with Gasteiger partial charge >= 0.3 is 0 Å². The number of carbonyl (C=O) groups is 1. The second kappa shape index (κ2) is 5.39. The van der Waals surface area contributed by atoms with Gasteiger partial charge in [-0.05, 0) is 13.3 Å². The van der Waals surface area contributed by atoms with E-state index in [1.165, 1.54) is 13.2 Å². The normalized spacial score (nSPS) is 9.94. The van der Waals surface area contributed by atoms with E-state index >= 15 is 0 Å². The van der Waals surface area contributed by atoms with Crippen LogP contribution in [0.1, 0.15) is 29.8 Å². The lowest BCUT2D eigenvalue weighted by Crippen LogP contribution is -2.02. The van der Waals surface area contributed by atoms with Crippen LogP contribution in [0.2, 0.25) is 0 Å². The number of carbonyl (C=O) groups excluding carboxylic acids is 1. The minimum absolute atomic E-state index is 0.118. The smallest absolute Gasteiger partial charge is 0.157 e. The van der Waals surface area contributed by atoms with E-state index in [1.54, 1.807) is 0 Å². The van der Waals surface area contributed by atoms with Crippen LogP contribution in [0.25, 0.3) is 0 Å². The molecule has 0 atom stereocenters. The highest BCUT2D eigenvalue weighted by molar-refractivity contribution is 5.85. The molecular formula is C12H16O4. The first kappa shape index (κ1) is 12.4. The molecule has 4 nitrogen and oxygen atoms in total. The zero-order chi connectivity index (χ0) is 12.1. The molecule has 1 aromatic carbocycles. The predicted octanol–water partition coefficient (Wildman–Crippen LogP) is 2.17. The summed E-state index contributed by atoms with van der Waals surface area (Å²) in [6, 6.07) is 1.45. The Bertz CT molecular complexity index is 385. The van der Waals surface area contributed by atoms with Crippen molar-refractivity contribution in [3.8, 4) is 17.2 Å². The first-order valence-electron chi connectivity index (χ1n) is 5.20. The van der Waals surface area contributed by atoms with Crippen molar-refractivity contribution in [2.24, 2.45) is 0 Å². The number of aldehydes is 1. The van der Waals surface area contributed by atoms with Gasteiger partial charge in [-0.2, -0.15) is 0 Å². The Labute approximate surface area is 94.8 Å². The van der Waals surface area contributed by atoms with Gasteiger partial charge in [0.15, 0.2) is 6.29 Å². The predicted molar refractivity (Wildman–Crippen MR) is 60.6 cm³/mol. The Hall–Kier alpha value is -1.71. The van der Waals surface area contributed by atoms with Crippen molar-refractivity contribution in [1.29, 1.82) is 0 Å².